The van der Waals surface area contributed by atoms with E-state index in [1.54, 1.807) is 0 Å². The first-order valence-electron chi connectivity index (χ1n) is 7.93. The lowest BCUT2D eigenvalue weighted by molar-refractivity contribution is 1.71. The SMILES string of the molecule is CC=C[Si](C)(C)c1ccc2ccc3cccc4ccc1c2c34. The van der Waals surface area contributed by atoms with Crippen LogP contribution in [0, 0.1) is 0 Å². The molecule has 0 heterocycles. The fourth-order valence-electron chi connectivity index (χ4n) is 3.80. The summed E-state index contributed by atoms with van der Waals surface area (Å²) in [7, 11) is -1.55. The fraction of sp³-hybridized carbons (Fsp3) is 0.143. The molecule has 1 heteroatoms. The summed E-state index contributed by atoms with van der Waals surface area (Å²) in [6.07, 6.45) is 2.21. The average molecular weight is 300 g/mol. The van der Waals surface area contributed by atoms with E-state index >= 15 is 0 Å². The third kappa shape index (κ3) is 1.82. The van der Waals surface area contributed by atoms with Gasteiger partial charge in [-0.25, -0.2) is 0 Å². The minimum Gasteiger partial charge on any atom is -0.0952 e. The van der Waals surface area contributed by atoms with E-state index in [1.807, 2.05) is 0 Å². The molecule has 0 bridgehead atoms. The summed E-state index contributed by atoms with van der Waals surface area (Å²) in [4.78, 5) is 0. The van der Waals surface area contributed by atoms with Crippen LogP contribution in [0.15, 0.2) is 66.4 Å². The molecule has 0 saturated carbocycles. The second-order valence-corrected chi connectivity index (χ2v) is 11.0. The molecule has 4 aromatic carbocycles. The van der Waals surface area contributed by atoms with Crippen molar-refractivity contribution in [1.29, 1.82) is 0 Å². The molecule has 22 heavy (non-hydrogen) atoms. The Morgan fingerprint density at radius 3 is 2.00 bits per heavy atom. The summed E-state index contributed by atoms with van der Waals surface area (Å²) < 4.78 is 0. The van der Waals surface area contributed by atoms with Gasteiger partial charge < -0.3 is 0 Å². The second-order valence-electron chi connectivity index (χ2n) is 6.69. The van der Waals surface area contributed by atoms with E-state index < -0.39 is 8.07 Å². The summed E-state index contributed by atoms with van der Waals surface area (Å²) in [6, 6.07) is 20.4. The zero-order chi connectivity index (χ0) is 15.3. The standard InChI is InChI=1S/C21H20Si/c1-4-14-22(2,3)19-13-11-17-9-8-15-6-5-7-16-10-12-18(19)21(17)20(15)16/h4-14H,1-3H3. The van der Waals surface area contributed by atoms with Gasteiger partial charge in [0.05, 0.1) is 0 Å². The van der Waals surface area contributed by atoms with Crippen LogP contribution in [0.25, 0.3) is 32.3 Å². The van der Waals surface area contributed by atoms with E-state index in [-0.39, 0.29) is 0 Å². The zero-order valence-electron chi connectivity index (χ0n) is 13.4. The Morgan fingerprint density at radius 2 is 1.32 bits per heavy atom. The molecule has 4 rings (SSSR count). The Bertz CT molecular complexity index is 993. The summed E-state index contributed by atoms with van der Waals surface area (Å²) in [6.45, 7) is 6.99. The Hall–Kier alpha value is -2.12. The molecule has 0 amide bonds. The van der Waals surface area contributed by atoms with E-state index in [2.05, 4.69) is 86.4 Å². The monoisotopic (exact) mass is 300 g/mol. The lowest BCUT2D eigenvalue weighted by atomic mass is 9.94. The van der Waals surface area contributed by atoms with Crippen LogP contribution in [0.2, 0.25) is 13.1 Å². The topological polar surface area (TPSA) is 0 Å². The number of hydrogen-bond acceptors (Lipinski definition) is 0. The van der Waals surface area contributed by atoms with Crippen molar-refractivity contribution in [3.05, 3.63) is 66.4 Å². The van der Waals surface area contributed by atoms with Crippen molar-refractivity contribution in [2.45, 2.75) is 20.0 Å². The number of hydrogen-bond donors (Lipinski definition) is 0. The van der Waals surface area contributed by atoms with E-state index in [0.29, 0.717) is 0 Å². The molecule has 108 valence electrons. The first-order valence-corrected chi connectivity index (χ1v) is 11.0. The molecule has 0 unspecified atom stereocenters. The van der Waals surface area contributed by atoms with Gasteiger partial charge in [0.2, 0.25) is 0 Å². The minimum absolute atomic E-state index is 1.35. The highest BCUT2D eigenvalue weighted by atomic mass is 28.3. The molecule has 4 aromatic rings. The van der Waals surface area contributed by atoms with Crippen molar-refractivity contribution < 1.29 is 0 Å². The van der Waals surface area contributed by atoms with Crippen LogP contribution >= 0.6 is 0 Å². The highest BCUT2D eigenvalue weighted by molar-refractivity contribution is 6.95. The highest BCUT2D eigenvalue weighted by Gasteiger charge is 2.23. The van der Waals surface area contributed by atoms with E-state index in [1.165, 1.54) is 37.5 Å². The van der Waals surface area contributed by atoms with Gasteiger partial charge >= 0.3 is 0 Å². The predicted octanol–water partition coefficient (Wildman–Crippen LogP) is 5.61. The minimum atomic E-state index is -1.55. The maximum absolute atomic E-state index is 2.43. The Morgan fingerprint density at radius 1 is 0.727 bits per heavy atom. The van der Waals surface area contributed by atoms with Gasteiger partial charge in [0.15, 0.2) is 0 Å². The lowest BCUT2D eigenvalue weighted by Gasteiger charge is -2.22. The van der Waals surface area contributed by atoms with Crippen LogP contribution < -0.4 is 5.19 Å². The first-order chi connectivity index (χ1) is 10.6. The summed E-state index contributed by atoms with van der Waals surface area (Å²) in [5, 5.41) is 9.89. The molecule has 0 N–H and O–H groups in total. The van der Waals surface area contributed by atoms with Crippen molar-refractivity contribution in [2.75, 3.05) is 0 Å². The van der Waals surface area contributed by atoms with Crippen LogP contribution in [-0.4, -0.2) is 8.07 Å². The van der Waals surface area contributed by atoms with Gasteiger partial charge in [0.25, 0.3) is 0 Å². The molecule has 0 aliphatic heterocycles. The number of rotatable bonds is 2. The molecule has 0 saturated heterocycles. The molecule has 0 aliphatic carbocycles. The van der Waals surface area contributed by atoms with E-state index in [9.17, 15) is 0 Å². The molecule has 0 atom stereocenters. The van der Waals surface area contributed by atoms with Gasteiger partial charge in [0.1, 0.15) is 8.07 Å². The van der Waals surface area contributed by atoms with E-state index in [0.717, 1.165) is 0 Å². The molecular formula is C21H20Si. The fourth-order valence-corrected chi connectivity index (χ4v) is 6.23. The molecular weight excluding hydrogens is 280 g/mol. The summed E-state index contributed by atoms with van der Waals surface area (Å²) in [5.41, 5.74) is 2.43. The maximum Gasteiger partial charge on any atom is 0.104 e. The van der Waals surface area contributed by atoms with Gasteiger partial charge in [-0.05, 0) is 44.4 Å². The normalized spacial score (nSPS) is 13.0. The maximum atomic E-state index is 2.43. The Balaban J connectivity index is 2.22. The van der Waals surface area contributed by atoms with Crippen molar-refractivity contribution in [3.8, 4) is 0 Å². The molecule has 0 aromatic heterocycles. The predicted molar refractivity (Wildman–Crippen MR) is 102 cm³/mol. The highest BCUT2D eigenvalue weighted by Crippen LogP contribution is 2.34. The van der Waals surface area contributed by atoms with Crippen molar-refractivity contribution in [2.24, 2.45) is 0 Å². The van der Waals surface area contributed by atoms with Crippen molar-refractivity contribution in [1.82, 2.24) is 0 Å². The number of benzene rings is 4. The first kappa shape index (κ1) is 13.5. The van der Waals surface area contributed by atoms with Crippen molar-refractivity contribution >= 4 is 45.6 Å². The molecule has 0 spiro atoms. The number of allylic oxidation sites excluding steroid dienone is 1. The molecule has 0 aliphatic rings. The van der Waals surface area contributed by atoms with Crippen LogP contribution in [0.1, 0.15) is 6.92 Å². The Kier molecular flexibility index (Phi) is 2.88. The largest absolute Gasteiger partial charge is 0.104 e. The zero-order valence-corrected chi connectivity index (χ0v) is 14.4. The Labute approximate surface area is 132 Å². The third-order valence-corrected chi connectivity index (χ3v) is 7.80. The smallest absolute Gasteiger partial charge is 0.0952 e. The van der Waals surface area contributed by atoms with E-state index in [4.69, 9.17) is 0 Å². The lowest BCUT2D eigenvalue weighted by Crippen LogP contribution is -2.40. The molecule has 0 radical (unpaired) electrons. The van der Waals surface area contributed by atoms with Crippen LogP contribution in [-0.2, 0) is 0 Å². The summed E-state index contributed by atoms with van der Waals surface area (Å²) >= 11 is 0. The van der Waals surface area contributed by atoms with Gasteiger partial charge in [-0.15, -0.1) is 0 Å². The van der Waals surface area contributed by atoms with Crippen molar-refractivity contribution in [3.63, 3.8) is 0 Å². The van der Waals surface area contributed by atoms with Crippen LogP contribution in [0.4, 0.5) is 0 Å². The van der Waals surface area contributed by atoms with Gasteiger partial charge in [-0.2, -0.15) is 0 Å². The molecule has 0 nitrogen and oxygen atoms in total. The van der Waals surface area contributed by atoms with Crippen LogP contribution in [0.5, 0.6) is 0 Å². The quantitative estimate of drug-likeness (QED) is 0.333. The van der Waals surface area contributed by atoms with Crippen LogP contribution in [0.3, 0.4) is 0 Å². The average Bonchev–Trinajstić information content (AvgIpc) is 2.52. The second kappa shape index (κ2) is 4.69. The molecule has 0 fully saturated rings. The third-order valence-electron chi connectivity index (χ3n) is 4.81. The van der Waals surface area contributed by atoms with Gasteiger partial charge in [-0.3, -0.25) is 0 Å². The van der Waals surface area contributed by atoms with Gasteiger partial charge in [0, 0.05) is 0 Å². The van der Waals surface area contributed by atoms with Gasteiger partial charge in [-0.1, -0.05) is 79.5 Å². The summed E-state index contributed by atoms with van der Waals surface area (Å²) in [5.74, 6) is 0.